The molecule has 1 aromatic rings. The highest BCUT2D eigenvalue weighted by Gasteiger charge is 2.13. The lowest BCUT2D eigenvalue weighted by atomic mass is 10.3. The molecule has 0 fully saturated rings. The molecule has 0 spiro atoms. The van der Waals surface area contributed by atoms with Crippen molar-refractivity contribution in [3.63, 3.8) is 0 Å². The van der Waals surface area contributed by atoms with E-state index in [4.69, 9.17) is 9.66 Å². The minimum absolute atomic E-state index is 0.192. The van der Waals surface area contributed by atoms with Crippen molar-refractivity contribution < 1.29 is 18.1 Å². The average Bonchev–Trinajstić information content (AvgIpc) is 1.92. The van der Waals surface area contributed by atoms with Crippen molar-refractivity contribution in [3.05, 3.63) is 21.8 Å². The van der Waals surface area contributed by atoms with E-state index in [-0.39, 0.29) is 10.6 Å². The summed E-state index contributed by atoms with van der Waals surface area (Å²) in [6.07, 6.45) is 0. The molecule has 0 bridgehead atoms. The van der Waals surface area contributed by atoms with Crippen LogP contribution in [0.25, 0.3) is 0 Å². The Hall–Kier alpha value is -0.340. The van der Waals surface area contributed by atoms with Crippen LogP contribution >= 0.6 is 22.6 Å². The van der Waals surface area contributed by atoms with Crippen LogP contribution in [0.2, 0.25) is 0 Å². The smallest absolute Gasteiger partial charge is 0.295 e. The molecule has 6 heteroatoms. The Kier molecular flexibility index (Phi) is 2.59. The van der Waals surface area contributed by atoms with E-state index < -0.39 is 10.1 Å². The van der Waals surface area contributed by atoms with Gasteiger partial charge in [-0.1, -0.05) is 0 Å². The molecule has 0 amide bonds. The quantitative estimate of drug-likeness (QED) is 0.604. The van der Waals surface area contributed by atoms with E-state index >= 15 is 0 Å². The van der Waals surface area contributed by atoms with Gasteiger partial charge in [0.1, 0.15) is 10.6 Å². The van der Waals surface area contributed by atoms with Gasteiger partial charge >= 0.3 is 0 Å². The molecule has 4 nitrogen and oxygen atoms in total. The highest BCUT2D eigenvalue weighted by molar-refractivity contribution is 14.1. The standard InChI is InChI=1S/C6H5IO4S/c7-5-2-1-4(8)3-6(5)12(9,10)11/h1-3,8H,(H,9,10,11). The van der Waals surface area contributed by atoms with Crippen LogP contribution in [0.15, 0.2) is 23.1 Å². The van der Waals surface area contributed by atoms with Gasteiger partial charge in [-0.3, -0.25) is 4.55 Å². The summed E-state index contributed by atoms with van der Waals surface area (Å²) in [5, 5.41) is 8.92. The number of benzene rings is 1. The molecular formula is C6H5IO4S. The molecule has 0 aromatic heterocycles. The Morgan fingerprint density at radius 2 is 1.92 bits per heavy atom. The summed E-state index contributed by atoms with van der Waals surface area (Å²) in [7, 11) is -4.22. The second-order valence-electron chi connectivity index (χ2n) is 2.09. The minimum atomic E-state index is -4.22. The van der Waals surface area contributed by atoms with Gasteiger partial charge in [-0.2, -0.15) is 8.42 Å². The Morgan fingerprint density at radius 3 is 2.33 bits per heavy atom. The third-order valence-corrected chi connectivity index (χ3v) is 3.39. The summed E-state index contributed by atoms with van der Waals surface area (Å²) in [6.45, 7) is 0. The molecule has 2 N–H and O–H groups in total. The van der Waals surface area contributed by atoms with Crippen molar-refractivity contribution in [3.8, 4) is 5.75 Å². The van der Waals surface area contributed by atoms with E-state index in [0.717, 1.165) is 6.07 Å². The van der Waals surface area contributed by atoms with Gasteiger partial charge in [-0.05, 0) is 34.7 Å². The first kappa shape index (κ1) is 9.75. The summed E-state index contributed by atoms with van der Waals surface area (Å²) in [6, 6.07) is 3.74. The van der Waals surface area contributed by atoms with Gasteiger partial charge in [0.15, 0.2) is 0 Å². The van der Waals surface area contributed by atoms with Gasteiger partial charge in [-0.15, -0.1) is 0 Å². The molecule has 1 aromatic carbocycles. The highest BCUT2D eigenvalue weighted by atomic mass is 127. The predicted molar refractivity (Wildman–Crippen MR) is 50.6 cm³/mol. The Labute approximate surface area is 83.1 Å². The zero-order chi connectivity index (χ0) is 9.35. The zero-order valence-corrected chi connectivity index (χ0v) is 8.70. The number of rotatable bonds is 1. The van der Waals surface area contributed by atoms with Crippen molar-refractivity contribution in [1.82, 2.24) is 0 Å². The lowest BCUT2D eigenvalue weighted by Crippen LogP contribution is -2.00. The average molecular weight is 300 g/mol. The van der Waals surface area contributed by atoms with Crippen LogP contribution < -0.4 is 0 Å². The normalized spacial score (nSPS) is 11.5. The van der Waals surface area contributed by atoms with Crippen LogP contribution in [0, 0.1) is 3.57 Å². The molecule has 1 rings (SSSR count). The number of aromatic hydroxyl groups is 1. The van der Waals surface area contributed by atoms with Crippen LogP contribution in [0.5, 0.6) is 5.75 Å². The van der Waals surface area contributed by atoms with E-state index in [9.17, 15) is 8.42 Å². The van der Waals surface area contributed by atoms with Crippen molar-refractivity contribution in [2.75, 3.05) is 0 Å². The maximum atomic E-state index is 10.6. The molecule has 0 aliphatic heterocycles. The second-order valence-corrected chi connectivity index (χ2v) is 4.64. The van der Waals surface area contributed by atoms with Gasteiger partial charge in [0.05, 0.1) is 0 Å². The molecule has 0 saturated heterocycles. The molecule has 66 valence electrons. The highest BCUT2D eigenvalue weighted by Crippen LogP contribution is 2.22. The van der Waals surface area contributed by atoms with Crippen molar-refractivity contribution in [2.45, 2.75) is 4.90 Å². The molecule has 0 radical (unpaired) electrons. The molecule has 12 heavy (non-hydrogen) atoms. The summed E-state index contributed by atoms with van der Waals surface area (Å²) < 4.78 is 30.3. The van der Waals surface area contributed by atoms with Gasteiger partial charge in [0, 0.05) is 9.64 Å². The number of halogens is 1. The molecule has 0 atom stereocenters. The summed E-state index contributed by atoms with van der Waals surface area (Å²) >= 11 is 1.75. The van der Waals surface area contributed by atoms with Crippen LogP contribution in [-0.2, 0) is 10.1 Å². The topological polar surface area (TPSA) is 74.6 Å². The van der Waals surface area contributed by atoms with Crippen molar-refractivity contribution >= 4 is 32.7 Å². The molecule has 0 unspecified atom stereocenters. The van der Waals surface area contributed by atoms with E-state index in [0.29, 0.717) is 3.57 Å². The van der Waals surface area contributed by atoms with Crippen LogP contribution in [-0.4, -0.2) is 18.1 Å². The summed E-state index contributed by atoms with van der Waals surface area (Å²) in [4.78, 5) is -0.275. The Morgan fingerprint density at radius 1 is 1.33 bits per heavy atom. The monoisotopic (exact) mass is 300 g/mol. The van der Waals surface area contributed by atoms with Crippen LogP contribution in [0.1, 0.15) is 0 Å². The number of phenolic OH excluding ortho intramolecular Hbond substituents is 1. The third kappa shape index (κ3) is 2.08. The maximum absolute atomic E-state index is 10.6. The van der Waals surface area contributed by atoms with Gasteiger partial charge < -0.3 is 5.11 Å². The fourth-order valence-corrected chi connectivity index (χ4v) is 2.44. The third-order valence-electron chi connectivity index (χ3n) is 1.19. The Bertz CT molecular complexity index is 398. The van der Waals surface area contributed by atoms with Gasteiger partial charge in [-0.25, -0.2) is 0 Å². The predicted octanol–water partition coefficient (Wildman–Crippen LogP) is 1.24. The van der Waals surface area contributed by atoms with E-state index in [1.165, 1.54) is 12.1 Å². The van der Waals surface area contributed by atoms with Gasteiger partial charge in [0.2, 0.25) is 0 Å². The fraction of sp³-hybridized carbons (Fsp3) is 0. The van der Waals surface area contributed by atoms with E-state index in [1.54, 1.807) is 22.6 Å². The fourth-order valence-electron chi connectivity index (χ4n) is 0.690. The maximum Gasteiger partial charge on any atom is 0.295 e. The zero-order valence-electron chi connectivity index (χ0n) is 5.73. The van der Waals surface area contributed by atoms with Gasteiger partial charge in [0.25, 0.3) is 10.1 Å². The lowest BCUT2D eigenvalue weighted by molar-refractivity contribution is 0.465. The first-order valence-corrected chi connectivity index (χ1v) is 5.39. The lowest BCUT2D eigenvalue weighted by Gasteiger charge is -2.00. The number of hydrogen-bond donors (Lipinski definition) is 2. The van der Waals surface area contributed by atoms with Crippen LogP contribution in [0.3, 0.4) is 0 Å². The van der Waals surface area contributed by atoms with E-state index in [1.807, 2.05) is 0 Å². The first-order valence-electron chi connectivity index (χ1n) is 2.87. The molecule has 0 heterocycles. The van der Waals surface area contributed by atoms with Crippen molar-refractivity contribution in [1.29, 1.82) is 0 Å². The SMILES string of the molecule is O=S(=O)(O)c1cc(O)ccc1I. The number of hydrogen-bond acceptors (Lipinski definition) is 3. The minimum Gasteiger partial charge on any atom is -0.508 e. The molecule has 0 aliphatic rings. The molecule has 0 aliphatic carbocycles. The first-order chi connectivity index (χ1) is 5.41. The van der Waals surface area contributed by atoms with Crippen molar-refractivity contribution in [2.24, 2.45) is 0 Å². The largest absolute Gasteiger partial charge is 0.508 e. The summed E-state index contributed by atoms with van der Waals surface area (Å²) in [5.41, 5.74) is 0. The Balaban J connectivity index is 3.43. The molecule has 0 saturated carbocycles. The second kappa shape index (κ2) is 3.19. The number of phenols is 1. The van der Waals surface area contributed by atoms with E-state index in [2.05, 4.69) is 0 Å². The van der Waals surface area contributed by atoms with Crippen LogP contribution in [0.4, 0.5) is 0 Å². The summed E-state index contributed by atoms with van der Waals surface area (Å²) in [5.74, 6) is -0.192. The molecular weight excluding hydrogens is 295 g/mol.